The van der Waals surface area contributed by atoms with Gasteiger partial charge in [0.15, 0.2) is 0 Å². The summed E-state index contributed by atoms with van der Waals surface area (Å²) in [5, 5.41) is 8.24. The van der Waals surface area contributed by atoms with Crippen LogP contribution in [0.1, 0.15) is 17.9 Å². The molecule has 7 heteroatoms. The van der Waals surface area contributed by atoms with Gasteiger partial charge in [0.05, 0.1) is 19.2 Å². The van der Waals surface area contributed by atoms with E-state index in [4.69, 9.17) is 9.15 Å². The second-order valence-corrected chi connectivity index (χ2v) is 6.64. The lowest BCUT2D eigenvalue weighted by Crippen LogP contribution is -2.39. The SMILES string of the molecule is COC(=O)C1(c2ccccc2)CCN(Cc2nnc(-c3cccnc3)o2)C1. The van der Waals surface area contributed by atoms with E-state index < -0.39 is 5.41 Å². The van der Waals surface area contributed by atoms with Crippen LogP contribution in [0.2, 0.25) is 0 Å². The molecule has 0 radical (unpaired) electrons. The fraction of sp³-hybridized carbons (Fsp3) is 0.300. The summed E-state index contributed by atoms with van der Waals surface area (Å²) >= 11 is 0. The fourth-order valence-electron chi connectivity index (χ4n) is 3.61. The molecule has 4 rings (SSSR count). The van der Waals surface area contributed by atoms with Gasteiger partial charge in [-0.05, 0) is 24.1 Å². The zero-order chi connectivity index (χ0) is 18.7. The van der Waals surface area contributed by atoms with Crippen LogP contribution in [0, 0.1) is 0 Å². The minimum absolute atomic E-state index is 0.210. The predicted molar refractivity (Wildman–Crippen MR) is 97.6 cm³/mol. The molecule has 7 nitrogen and oxygen atoms in total. The fourth-order valence-corrected chi connectivity index (χ4v) is 3.61. The highest BCUT2D eigenvalue weighted by molar-refractivity contribution is 5.84. The predicted octanol–water partition coefficient (Wildman–Crippen LogP) is 2.45. The topological polar surface area (TPSA) is 81.4 Å². The number of esters is 1. The van der Waals surface area contributed by atoms with Crippen molar-refractivity contribution >= 4 is 5.97 Å². The second kappa shape index (κ2) is 7.28. The van der Waals surface area contributed by atoms with Crippen LogP contribution in [0.3, 0.4) is 0 Å². The van der Waals surface area contributed by atoms with Gasteiger partial charge in [-0.3, -0.25) is 14.7 Å². The number of aromatic nitrogens is 3. The van der Waals surface area contributed by atoms with Gasteiger partial charge in [0.1, 0.15) is 5.41 Å². The zero-order valence-corrected chi connectivity index (χ0v) is 15.0. The average molecular weight is 364 g/mol. The van der Waals surface area contributed by atoms with Gasteiger partial charge in [0.25, 0.3) is 0 Å². The van der Waals surface area contributed by atoms with E-state index in [2.05, 4.69) is 20.1 Å². The maximum absolute atomic E-state index is 12.6. The van der Waals surface area contributed by atoms with Crippen molar-refractivity contribution in [3.05, 3.63) is 66.3 Å². The molecule has 0 aliphatic carbocycles. The van der Waals surface area contributed by atoms with Gasteiger partial charge in [0, 0.05) is 25.5 Å². The molecule has 0 saturated carbocycles. The second-order valence-electron chi connectivity index (χ2n) is 6.64. The van der Waals surface area contributed by atoms with Gasteiger partial charge in [-0.25, -0.2) is 0 Å². The summed E-state index contributed by atoms with van der Waals surface area (Å²) in [7, 11) is 1.44. The highest BCUT2D eigenvalue weighted by Crippen LogP contribution is 2.36. The van der Waals surface area contributed by atoms with Crippen molar-refractivity contribution in [1.82, 2.24) is 20.1 Å². The Morgan fingerprint density at radius 2 is 2.07 bits per heavy atom. The summed E-state index contributed by atoms with van der Waals surface area (Å²) in [5.74, 6) is 0.750. The van der Waals surface area contributed by atoms with Crippen molar-refractivity contribution in [2.45, 2.75) is 18.4 Å². The largest absolute Gasteiger partial charge is 0.468 e. The number of nitrogens with zero attached hydrogens (tertiary/aromatic N) is 4. The number of hydrogen-bond acceptors (Lipinski definition) is 7. The van der Waals surface area contributed by atoms with E-state index in [1.165, 1.54) is 7.11 Å². The lowest BCUT2D eigenvalue weighted by atomic mass is 9.79. The number of likely N-dealkylation sites (tertiary alicyclic amines) is 1. The van der Waals surface area contributed by atoms with Crippen molar-refractivity contribution in [1.29, 1.82) is 0 Å². The van der Waals surface area contributed by atoms with Crippen molar-refractivity contribution < 1.29 is 13.9 Å². The third-order valence-corrected chi connectivity index (χ3v) is 4.99. The summed E-state index contributed by atoms with van der Waals surface area (Å²) < 4.78 is 10.9. The number of methoxy groups -OCH3 is 1. The van der Waals surface area contributed by atoms with Crippen LogP contribution in [0.4, 0.5) is 0 Å². The minimum Gasteiger partial charge on any atom is -0.468 e. The summed E-state index contributed by atoms with van der Waals surface area (Å²) in [5.41, 5.74) is 1.09. The Kier molecular flexibility index (Phi) is 4.68. The smallest absolute Gasteiger partial charge is 0.317 e. The lowest BCUT2D eigenvalue weighted by molar-refractivity contribution is -0.147. The van der Waals surface area contributed by atoms with Crippen molar-refractivity contribution in [3.63, 3.8) is 0 Å². The maximum atomic E-state index is 12.6. The molecule has 1 saturated heterocycles. The molecule has 1 fully saturated rings. The van der Waals surface area contributed by atoms with Gasteiger partial charge in [-0.15, -0.1) is 10.2 Å². The summed E-state index contributed by atoms with van der Waals surface area (Å²) in [6.45, 7) is 1.78. The Morgan fingerprint density at radius 3 is 2.81 bits per heavy atom. The Bertz CT molecular complexity index is 913. The molecule has 27 heavy (non-hydrogen) atoms. The third kappa shape index (κ3) is 3.33. The van der Waals surface area contributed by atoms with Crippen molar-refractivity contribution in [2.24, 2.45) is 0 Å². The Morgan fingerprint density at radius 1 is 1.22 bits per heavy atom. The molecule has 1 aromatic carbocycles. The molecule has 0 N–H and O–H groups in total. The molecule has 3 heterocycles. The first kappa shape index (κ1) is 17.4. The number of rotatable bonds is 5. The van der Waals surface area contributed by atoms with Gasteiger partial charge in [-0.2, -0.15) is 0 Å². The number of hydrogen-bond donors (Lipinski definition) is 0. The van der Waals surface area contributed by atoms with E-state index in [0.29, 0.717) is 31.3 Å². The third-order valence-electron chi connectivity index (χ3n) is 4.99. The zero-order valence-electron chi connectivity index (χ0n) is 15.0. The number of carbonyl (C=O) groups is 1. The molecule has 1 aliphatic rings. The standard InChI is InChI=1S/C20H20N4O3/c1-26-19(25)20(16-7-3-2-4-8-16)9-11-24(14-20)13-17-22-23-18(27-17)15-6-5-10-21-12-15/h2-8,10,12H,9,11,13-14H2,1H3. The van der Waals surface area contributed by atoms with Crippen molar-refractivity contribution in [2.75, 3.05) is 20.2 Å². The molecule has 0 amide bonds. The van der Waals surface area contributed by atoms with E-state index in [9.17, 15) is 4.79 Å². The van der Waals surface area contributed by atoms with Crippen LogP contribution in [0.15, 0.2) is 59.3 Å². The van der Waals surface area contributed by atoms with Crippen LogP contribution in [-0.4, -0.2) is 46.2 Å². The Balaban J connectivity index is 1.52. The van der Waals surface area contributed by atoms with Gasteiger partial charge >= 0.3 is 5.97 Å². The first-order chi connectivity index (χ1) is 13.2. The van der Waals surface area contributed by atoms with E-state index in [1.807, 2.05) is 42.5 Å². The lowest BCUT2D eigenvalue weighted by Gasteiger charge is -2.26. The number of pyridine rings is 1. The molecular formula is C20H20N4O3. The Labute approximate surface area is 157 Å². The van der Waals surface area contributed by atoms with E-state index in [0.717, 1.165) is 17.7 Å². The minimum atomic E-state index is -0.664. The molecule has 1 unspecified atom stereocenters. The highest BCUT2D eigenvalue weighted by Gasteiger charge is 2.47. The molecule has 3 aromatic rings. The summed E-state index contributed by atoms with van der Waals surface area (Å²) in [4.78, 5) is 18.8. The van der Waals surface area contributed by atoms with Crippen LogP contribution >= 0.6 is 0 Å². The van der Waals surface area contributed by atoms with Crippen molar-refractivity contribution in [3.8, 4) is 11.5 Å². The molecule has 1 atom stereocenters. The van der Waals surface area contributed by atoms with E-state index in [-0.39, 0.29) is 5.97 Å². The molecule has 0 bridgehead atoms. The van der Waals surface area contributed by atoms with Crippen LogP contribution in [0.25, 0.3) is 11.5 Å². The average Bonchev–Trinajstić information content (AvgIpc) is 3.37. The molecule has 138 valence electrons. The van der Waals surface area contributed by atoms with E-state index in [1.54, 1.807) is 12.4 Å². The number of ether oxygens (including phenoxy) is 1. The quantitative estimate of drug-likeness (QED) is 0.643. The maximum Gasteiger partial charge on any atom is 0.317 e. The first-order valence-electron chi connectivity index (χ1n) is 8.80. The molecule has 0 spiro atoms. The van der Waals surface area contributed by atoms with Gasteiger partial charge < -0.3 is 9.15 Å². The van der Waals surface area contributed by atoms with E-state index >= 15 is 0 Å². The summed E-state index contributed by atoms with van der Waals surface area (Å²) in [6, 6.07) is 13.5. The monoisotopic (exact) mass is 364 g/mol. The Hall–Kier alpha value is -3.06. The molecule has 2 aromatic heterocycles. The van der Waals surface area contributed by atoms with Gasteiger partial charge in [0.2, 0.25) is 11.8 Å². The summed E-state index contributed by atoms with van der Waals surface area (Å²) in [6.07, 6.45) is 4.07. The van der Waals surface area contributed by atoms with Gasteiger partial charge in [-0.1, -0.05) is 30.3 Å². The molecular weight excluding hydrogens is 344 g/mol. The number of carbonyl (C=O) groups excluding carboxylic acids is 1. The highest BCUT2D eigenvalue weighted by atomic mass is 16.5. The van der Waals surface area contributed by atoms with Crippen LogP contribution in [0.5, 0.6) is 0 Å². The van der Waals surface area contributed by atoms with Crippen LogP contribution in [-0.2, 0) is 21.5 Å². The number of benzene rings is 1. The van der Waals surface area contributed by atoms with Crippen LogP contribution < -0.4 is 0 Å². The normalized spacial score (nSPS) is 19.9. The molecule has 1 aliphatic heterocycles. The first-order valence-corrected chi connectivity index (χ1v) is 8.80.